The Morgan fingerprint density at radius 2 is 2.40 bits per heavy atom. The third-order valence-electron chi connectivity index (χ3n) is 0.795. The predicted molar refractivity (Wildman–Crippen MR) is 47.3 cm³/mol. The number of carbonyl (C=O) groups is 1. The van der Waals surface area contributed by atoms with Crippen molar-refractivity contribution in [2.75, 3.05) is 5.32 Å². The number of carbonyl (C=O) groups excluding carboxylic acids is 1. The maximum absolute atomic E-state index is 10.4. The first-order valence-corrected chi connectivity index (χ1v) is 4.39. The molecule has 1 aromatic heterocycles. The van der Waals surface area contributed by atoms with Crippen LogP contribution >= 0.6 is 38.9 Å². The average molecular weight is 241 g/mol. The van der Waals surface area contributed by atoms with Crippen LogP contribution < -0.4 is 5.32 Å². The maximum Gasteiger partial charge on any atom is 0.292 e. The van der Waals surface area contributed by atoms with E-state index < -0.39 is 0 Å². The number of nitrogens with one attached hydrogen (secondary N) is 1. The highest BCUT2D eigenvalue weighted by Crippen LogP contribution is 2.26. The van der Waals surface area contributed by atoms with Gasteiger partial charge in [-0.05, 0) is 12.1 Å². The van der Waals surface area contributed by atoms with E-state index in [1.165, 1.54) is 11.3 Å². The van der Waals surface area contributed by atoms with Crippen molar-refractivity contribution in [3.8, 4) is 0 Å². The second kappa shape index (κ2) is 3.37. The molecule has 0 bridgehead atoms. The SMILES string of the molecule is O=C(Br)Nc1ccc(Cl)s1. The second-order valence-corrected chi connectivity index (χ2v) is 3.94. The topological polar surface area (TPSA) is 29.1 Å². The van der Waals surface area contributed by atoms with Gasteiger partial charge < -0.3 is 5.32 Å². The molecule has 0 spiro atoms. The van der Waals surface area contributed by atoms with Crippen LogP contribution in [-0.4, -0.2) is 4.82 Å². The lowest BCUT2D eigenvalue weighted by molar-refractivity contribution is 0.270. The molecule has 0 fully saturated rings. The molecule has 0 atom stereocenters. The molecule has 0 unspecified atom stereocenters. The minimum atomic E-state index is -0.258. The monoisotopic (exact) mass is 239 g/mol. The van der Waals surface area contributed by atoms with Crippen LogP contribution in [0.4, 0.5) is 9.80 Å². The predicted octanol–water partition coefficient (Wildman–Crippen LogP) is 3.33. The van der Waals surface area contributed by atoms with E-state index in [2.05, 4.69) is 21.2 Å². The zero-order valence-electron chi connectivity index (χ0n) is 4.73. The van der Waals surface area contributed by atoms with Gasteiger partial charge in [-0.15, -0.1) is 11.3 Å². The Balaban J connectivity index is 2.67. The van der Waals surface area contributed by atoms with Gasteiger partial charge in [-0.2, -0.15) is 0 Å². The van der Waals surface area contributed by atoms with Crippen molar-refractivity contribution >= 4 is 48.7 Å². The number of anilines is 1. The van der Waals surface area contributed by atoms with E-state index in [0.29, 0.717) is 4.34 Å². The van der Waals surface area contributed by atoms with Crippen molar-refractivity contribution in [3.05, 3.63) is 16.5 Å². The third kappa shape index (κ3) is 2.28. The highest BCUT2D eigenvalue weighted by molar-refractivity contribution is 9.18. The molecule has 0 radical (unpaired) electrons. The summed E-state index contributed by atoms with van der Waals surface area (Å²) in [6, 6.07) is 3.47. The van der Waals surface area contributed by atoms with Gasteiger partial charge in [0.25, 0.3) is 4.82 Å². The highest BCUT2D eigenvalue weighted by atomic mass is 79.9. The fourth-order valence-corrected chi connectivity index (χ4v) is 1.76. The van der Waals surface area contributed by atoms with Crippen molar-refractivity contribution in [1.29, 1.82) is 0 Å². The fourth-order valence-electron chi connectivity index (χ4n) is 0.478. The molecular formula is C5H3BrClNOS. The zero-order chi connectivity index (χ0) is 7.56. The molecule has 0 aliphatic heterocycles. The molecule has 5 heteroatoms. The summed E-state index contributed by atoms with van der Waals surface area (Å²) in [7, 11) is 0. The zero-order valence-corrected chi connectivity index (χ0v) is 7.89. The van der Waals surface area contributed by atoms with Gasteiger partial charge in [-0.1, -0.05) is 11.6 Å². The van der Waals surface area contributed by atoms with Crippen molar-refractivity contribution < 1.29 is 4.79 Å². The number of rotatable bonds is 1. The van der Waals surface area contributed by atoms with Crippen LogP contribution in [0.2, 0.25) is 4.34 Å². The van der Waals surface area contributed by atoms with Crippen LogP contribution in [0.5, 0.6) is 0 Å². The lowest BCUT2D eigenvalue weighted by atomic mass is 10.6. The minimum absolute atomic E-state index is 0.258. The van der Waals surface area contributed by atoms with E-state index in [1.807, 2.05) is 0 Å². The Labute approximate surface area is 75.3 Å². The van der Waals surface area contributed by atoms with Gasteiger partial charge in [-0.3, -0.25) is 4.79 Å². The van der Waals surface area contributed by atoms with Gasteiger partial charge in [0.2, 0.25) is 0 Å². The molecule has 1 aromatic rings. The number of hydrogen-bond acceptors (Lipinski definition) is 2. The molecule has 1 heterocycles. The Kier molecular flexibility index (Phi) is 2.71. The summed E-state index contributed by atoms with van der Waals surface area (Å²) in [6.45, 7) is 0. The van der Waals surface area contributed by atoms with Gasteiger partial charge in [-0.25, -0.2) is 0 Å². The first kappa shape index (κ1) is 8.04. The summed E-state index contributed by atoms with van der Waals surface area (Å²) in [5, 5.41) is 3.28. The minimum Gasteiger partial charge on any atom is -0.308 e. The van der Waals surface area contributed by atoms with Crippen LogP contribution in [0.3, 0.4) is 0 Å². The van der Waals surface area contributed by atoms with E-state index in [-0.39, 0.29) is 4.82 Å². The van der Waals surface area contributed by atoms with E-state index in [4.69, 9.17) is 11.6 Å². The first-order valence-electron chi connectivity index (χ1n) is 2.40. The number of hydrogen-bond donors (Lipinski definition) is 1. The molecule has 10 heavy (non-hydrogen) atoms. The second-order valence-electron chi connectivity index (χ2n) is 1.50. The fraction of sp³-hybridized carbons (Fsp3) is 0. The molecule has 0 aromatic carbocycles. The Bertz CT molecular complexity index is 250. The van der Waals surface area contributed by atoms with Crippen molar-refractivity contribution in [2.24, 2.45) is 0 Å². The summed E-state index contributed by atoms with van der Waals surface area (Å²) in [5.74, 6) is 0. The van der Waals surface area contributed by atoms with Gasteiger partial charge in [0.05, 0.1) is 9.34 Å². The molecule has 1 amide bonds. The molecule has 0 aliphatic rings. The van der Waals surface area contributed by atoms with Crippen molar-refractivity contribution in [3.63, 3.8) is 0 Å². The lowest BCUT2D eigenvalue weighted by Gasteiger charge is -1.91. The molecule has 2 nitrogen and oxygen atoms in total. The quantitative estimate of drug-likeness (QED) is 0.592. The normalized spacial score (nSPS) is 9.40. The lowest BCUT2D eigenvalue weighted by Crippen LogP contribution is -1.96. The van der Waals surface area contributed by atoms with Crippen LogP contribution in [0.25, 0.3) is 0 Å². The average Bonchev–Trinajstić information content (AvgIpc) is 2.13. The number of thiophene rings is 1. The Hall–Kier alpha value is -0.0600. The maximum atomic E-state index is 10.4. The summed E-state index contributed by atoms with van der Waals surface area (Å²) in [4.78, 5) is 10.1. The third-order valence-corrected chi connectivity index (χ3v) is 2.14. The van der Waals surface area contributed by atoms with E-state index >= 15 is 0 Å². The van der Waals surface area contributed by atoms with Gasteiger partial charge in [0.1, 0.15) is 0 Å². The van der Waals surface area contributed by atoms with Crippen LogP contribution in [0, 0.1) is 0 Å². The van der Waals surface area contributed by atoms with Gasteiger partial charge in [0.15, 0.2) is 0 Å². The molecule has 0 aliphatic carbocycles. The van der Waals surface area contributed by atoms with Crippen molar-refractivity contribution in [2.45, 2.75) is 0 Å². The molecule has 0 saturated heterocycles. The molecule has 1 rings (SSSR count). The molecule has 1 N–H and O–H groups in total. The van der Waals surface area contributed by atoms with E-state index in [0.717, 1.165) is 5.00 Å². The summed E-state index contributed by atoms with van der Waals surface area (Å²) in [5.41, 5.74) is 0. The van der Waals surface area contributed by atoms with E-state index in [1.54, 1.807) is 12.1 Å². The van der Waals surface area contributed by atoms with Gasteiger partial charge >= 0.3 is 0 Å². The first-order chi connectivity index (χ1) is 4.68. The van der Waals surface area contributed by atoms with Gasteiger partial charge in [0, 0.05) is 15.9 Å². The smallest absolute Gasteiger partial charge is 0.292 e. The van der Waals surface area contributed by atoms with Crippen LogP contribution in [-0.2, 0) is 0 Å². The number of amides is 1. The standard InChI is InChI=1S/C5H3BrClNOS/c6-5(9)8-4-2-1-3(7)10-4/h1-2H,(H,8,9). The van der Waals surface area contributed by atoms with Crippen molar-refractivity contribution in [1.82, 2.24) is 0 Å². The summed E-state index contributed by atoms with van der Waals surface area (Å²) >= 11 is 9.65. The Morgan fingerprint density at radius 3 is 2.80 bits per heavy atom. The Morgan fingerprint density at radius 1 is 1.70 bits per heavy atom. The summed E-state index contributed by atoms with van der Waals surface area (Å²) in [6.07, 6.45) is 0. The van der Waals surface area contributed by atoms with E-state index in [9.17, 15) is 4.79 Å². The molecular weight excluding hydrogens is 237 g/mol. The van der Waals surface area contributed by atoms with Crippen LogP contribution in [0.1, 0.15) is 0 Å². The highest BCUT2D eigenvalue weighted by Gasteiger charge is 1.98. The largest absolute Gasteiger partial charge is 0.308 e. The number of halogens is 2. The molecule has 54 valence electrons. The summed E-state index contributed by atoms with van der Waals surface area (Å²) < 4.78 is 0.663. The van der Waals surface area contributed by atoms with Crippen LogP contribution in [0.15, 0.2) is 12.1 Å². The molecule has 0 saturated carbocycles.